The van der Waals surface area contributed by atoms with Crippen molar-refractivity contribution in [2.24, 2.45) is 5.92 Å². The minimum Gasteiger partial charge on any atom is -0.366 e. The Kier molecular flexibility index (Phi) is 2.54. The summed E-state index contributed by atoms with van der Waals surface area (Å²) in [5.41, 5.74) is 0. The van der Waals surface area contributed by atoms with Gasteiger partial charge in [-0.3, -0.25) is 0 Å². The van der Waals surface area contributed by atoms with E-state index in [1.165, 1.54) is 17.7 Å². The van der Waals surface area contributed by atoms with Crippen LogP contribution < -0.4 is 5.32 Å². The van der Waals surface area contributed by atoms with Gasteiger partial charge in [-0.15, -0.1) is 11.3 Å². The van der Waals surface area contributed by atoms with Crippen LogP contribution in [-0.2, 0) is 4.74 Å². The van der Waals surface area contributed by atoms with Crippen LogP contribution in [0.1, 0.15) is 30.7 Å². The van der Waals surface area contributed by atoms with Gasteiger partial charge in [0, 0.05) is 17.5 Å². The number of hydrogen-bond donors (Lipinski definition) is 1. The molecule has 0 bridgehead atoms. The molecule has 3 unspecified atom stereocenters. The molecule has 1 aromatic heterocycles. The fraction of sp³-hybridized carbons (Fsp3) is 0.667. The molecule has 2 heterocycles. The molecule has 0 spiro atoms. The molecule has 0 radical (unpaired) electrons. The Morgan fingerprint density at radius 3 is 3.00 bits per heavy atom. The Hall–Kier alpha value is -0.380. The van der Waals surface area contributed by atoms with E-state index in [0.29, 0.717) is 12.1 Å². The van der Waals surface area contributed by atoms with Crippen molar-refractivity contribution >= 4 is 11.3 Å². The molecule has 0 aromatic carbocycles. The van der Waals surface area contributed by atoms with E-state index in [1.807, 2.05) is 0 Å². The molecular weight excluding hydrogens is 206 g/mol. The van der Waals surface area contributed by atoms with Crippen LogP contribution >= 0.6 is 11.3 Å². The molecule has 3 heteroatoms. The summed E-state index contributed by atoms with van der Waals surface area (Å²) in [5.74, 6) is 0.826. The molecule has 1 aliphatic heterocycles. The van der Waals surface area contributed by atoms with Crippen LogP contribution in [0.4, 0.5) is 0 Å². The zero-order valence-electron chi connectivity index (χ0n) is 8.98. The topological polar surface area (TPSA) is 21.3 Å². The van der Waals surface area contributed by atoms with Crippen LogP contribution in [0, 0.1) is 5.92 Å². The Morgan fingerprint density at radius 1 is 1.47 bits per heavy atom. The van der Waals surface area contributed by atoms with Crippen molar-refractivity contribution in [1.29, 1.82) is 0 Å². The molecule has 1 saturated heterocycles. The molecule has 0 amide bonds. The van der Waals surface area contributed by atoms with Crippen molar-refractivity contribution in [3.8, 4) is 0 Å². The molecule has 1 aromatic rings. The maximum absolute atomic E-state index is 6.21. The summed E-state index contributed by atoms with van der Waals surface area (Å²) < 4.78 is 6.21. The molecule has 1 saturated carbocycles. The third kappa shape index (κ3) is 1.96. The van der Waals surface area contributed by atoms with Crippen LogP contribution in [0.2, 0.25) is 0 Å². The average molecular weight is 223 g/mol. The summed E-state index contributed by atoms with van der Waals surface area (Å²) in [7, 11) is 0. The molecular formula is C12H17NOS. The lowest BCUT2D eigenvalue weighted by Crippen LogP contribution is -2.47. The smallest absolute Gasteiger partial charge is 0.107 e. The van der Waals surface area contributed by atoms with Crippen molar-refractivity contribution < 1.29 is 4.74 Å². The van der Waals surface area contributed by atoms with Crippen molar-refractivity contribution in [3.05, 3.63) is 22.4 Å². The monoisotopic (exact) mass is 223 g/mol. The number of rotatable bonds is 2. The van der Waals surface area contributed by atoms with Crippen LogP contribution in [0.25, 0.3) is 0 Å². The van der Waals surface area contributed by atoms with E-state index in [2.05, 4.69) is 29.8 Å². The molecule has 2 fully saturated rings. The second kappa shape index (κ2) is 3.89. The molecule has 3 rings (SSSR count). The van der Waals surface area contributed by atoms with Crippen molar-refractivity contribution in [2.75, 3.05) is 6.54 Å². The van der Waals surface area contributed by atoms with E-state index in [9.17, 15) is 0 Å². The Morgan fingerprint density at radius 2 is 2.33 bits per heavy atom. The molecule has 2 nitrogen and oxygen atoms in total. The van der Waals surface area contributed by atoms with Gasteiger partial charge in [-0.25, -0.2) is 0 Å². The van der Waals surface area contributed by atoms with Gasteiger partial charge in [0.15, 0.2) is 0 Å². The van der Waals surface area contributed by atoms with E-state index < -0.39 is 0 Å². The van der Waals surface area contributed by atoms with E-state index >= 15 is 0 Å². The molecule has 15 heavy (non-hydrogen) atoms. The minimum absolute atomic E-state index is 0.268. The maximum atomic E-state index is 6.21. The Labute approximate surface area is 94.6 Å². The van der Waals surface area contributed by atoms with Gasteiger partial charge in [-0.1, -0.05) is 6.07 Å². The molecule has 1 N–H and O–H groups in total. The number of hydrogen-bond acceptors (Lipinski definition) is 3. The van der Waals surface area contributed by atoms with E-state index in [-0.39, 0.29) is 6.10 Å². The Bertz CT molecular complexity index is 320. The van der Waals surface area contributed by atoms with Gasteiger partial charge >= 0.3 is 0 Å². The lowest BCUT2D eigenvalue weighted by Gasteiger charge is -2.35. The highest BCUT2D eigenvalue weighted by Crippen LogP contribution is 2.39. The molecule has 3 atom stereocenters. The highest BCUT2D eigenvalue weighted by atomic mass is 32.1. The molecule has 82 valence electrons. The normalized spacial score (nSPS) is 36.7. The summed E-state index contributed by atoms with van der Waals surface area (Å²) >= 11 is 1.80. The first-order valence-corrected chi connectivity index (χ1v) is 6.65. The zero-order chi connectivity index (χ0) is 10.3. The van der Waals surface area contributed by atoms with Crippen LogP contribution in [-0.4, -0.2) is 18.7 Å². The average Bonchev–Trinajstić information content (AvgIpc) is 2.95. The zero-order valence-corrected chi connectivity index (χ0v) is 9.80. The van der Waals surface area contributed by atoms with Crippen LogP contribution in [0.3, 0.4) is 0 Å². The largest absolute Gasteiger partial charge is 0.366 e. The van der Waals surface area contributed by atoms with Crippen molar-refractivity contribution in [3.63, 3.8) is 0 Å². The predicted octanol–water partition coefficient (Wildman–Crippen LogP) is 2.58. The van der Waals surface area contributed by atoms with Gasteiger partial charge in [0.1, 0.15) is 6.10 Å². The lowest BCUT2D eigenvalue weighted by molar-refractivity contribution is -0.0690. The maximum Gasteiger partial charge on any atom is 0.107 e. The number of ether oxygens (including phenoxy) is 1. The van der Waals surface area contributed by atoms with Crippen LogP contribution in [0.15, 0.2) is 17.5 Å². The molecule has 2 aliphatic rings. The number of morpholine rings is 1. The fourth-order valence-electron chi connectivity index (χ4n) is 2.28. The van der Waals surface area contributed by atoms with Gasteiger partial charge in [-0.2, -0.15) is 0 Å². The first kappa shape index (κ1) is 9.82. The third-order valence-electron chi connectivity index (χ3n) is 3.39. The van der Waals surface area contributed by atoms with Gasteiger partial charge < -0.3 is 10.1 Å². The highest BCUT2D eigenvalue weighted by Gasteiger charge is 2.38. The SMILES string of the molecule is CC1NCC(C2CC2)OC1c1cccs1. The second-order valence-electron chi connectivity index (χ2n) is 4.64. The standard InChI is InChI=1S/C12H17NOS/c1-8-12(11-3-2-6-15-11)14-10(7-13-8)9-4-5-9/h2-3,6,8-10,12-13H,4-5,7H2,1H3. The fourth-order valence-corrected chi connectivity index (χ4v) is 3.14. The number of nitrogens with one attached hydrogen (secondary N) is 1. The first-order chi connectivity index (χ1) is 7.34. The van der Waals surface area contributed by atoms with Gasteiger partial charge in [0.25, 0.3) is 0 Å². The Balaban J connectivity index is 1.74. The van der Waals surface area contributed by atoms with E-state index in [1.54, 1.807) is 11.3 Å². The van der Waals surface area contributed by atoms with Crippen molar-refractivity contribution in [1.82, 2.24) is 5.32 Å². The van der Waals surface area contributed by atoms with Gasteiger partial charge in [-0.05, 0) is 37.1 Å². The van der Waals surface area contributed by atoms with Crippen LogP contribution in [0.5, 0.6) is 0 Å². The van der Waals surface area contributed by atoms with Crippen molar-refractivity contribution in [2.45, 2.75) is 38.0 Å². The molecule has 1 aliphatic carbocycles. The summed E-state index contributed by atoms with van der Waals surface area (Å²) in [5, 5.41) is 5.70. The summed E-state index contributed by atoms with van der Waals surface area (Å²) in [4.78, 5) is 1.36. The summed E-state index contributed by atoms with van der Waals surface area (Å²) in [6, 6.07) is 4.73. The predicted molar refractivity (Wildman–Crippen MR) is 62.1 cm³/mol. The lowest BCUT2D eigenvalue weighted by atomic mass is 10.1. The minimum atomic E-state index is 0.268. The second-order valence-corrected chi connectivity index (χ2v) is 5.62. The third-order valence-corrected chi connectivity index (χ3v) is 4.32. The van der Waals surface area contributed by atoms with Gasteiger partial charge in [0.05, 0.1) is 6.10 Å². The number of thiophene rings is 1. The quantitative estimate of drug-likeness (QED) is 0.832. The highest BCUT2D eigenvalue weighted by molar-refractivity contribution is 7.10. The first-order valence-electron chi connectivity index (χ1n) is 5.77. The summed E-state index contributed by atoms with van der Waals surface area (Å²) in [6.07, 6.45) is 3.44. The van der Waals surface area contributed by atoms with E-state index in [0.717, 1.165) is 12.5 Å². The summed E-state index contributed by atoms with van der Waals surface area (Å²) in [6.45, 7) is 3.25. The van der Waals surface area contributed by atoms with Gasteiger partial charge in [0.2, 0.25) is 0 Å². The van der Waals surface area contributed by atoms with E-state index in [4.69, 9.17) is 4.74 Å².